The highest BCUT2D eigenvalue weighted by atomic mass is 16.8. The smallest absolute Gasteiger partial charge is 0.169 e. The molecule has 2 saturated carbocycles. The van der Waals surface area contributed by atoms with Crippen LogP contribution in [0.3, 0.4) is 0 Å². The van der Waals surface area contributed by atoms with E-state index in [0.717, 1.165) is 25.7 Å². The van der Waals surface area contributed by atoms with Gasteiger partial charge in [-0.25, -0.2) is 0 Å². The van der Waals surface area contributed by atoms with Gasteiger partial charge in [-0.15, -0.1) is 19.7 Å². The Hall–Kier alpha value is -1.02. The monoisotopic (exact) mass is 380 g/mol. The van der Waals surface area contributed by atoms with Crippen LogP contribution in [0.1, 0.15) is 32.1 Å². The number of rotatable bonds is 9. The quantitative estimate of drug-likeness (QED) is 0.620. The van der Waals surface area contributed by atoms with Gasteiger partial charge in [0.15, 0.2) is 5.79 Å². The third-order valence-electron chi connectivity index (χ3n) is 5.51. The second kappa shape index (κ2) is 9.45. The molecule has 3 aliphatic rings. The molecule has 2 aliphatic carbocycles. The lowest BCUT2D eigenvalue weighted by atomic mass is 9.84. The lowest BCUT2D eigenvalue weighted by Gasteiger charge is -2.44. The maximum absolute atomic E-state index is 11.0. The van der Waals surface area contributed by atoms with Gasteiger partial charge in [0, 0.05) is 12.8 Å². The molecule has 1 spiro atoms. The van der Waals surface area contributed by atoms with Gasteiger partial charge in [0.1, 0.15) is 36.6 Å². The maximum Gasteiger partial charge on any atom is 0.169 e. The lowest BCUT2D eigenvalue weighted by Crippen LogP contribution is -2.64. The number of hydrogen-bond acceptors (Lipinski definition) is 6. The number of ether oxygens (including phenoxy) is 5. The molecule has 152 valence electrons. The van der Waals surface area contributed by atoms with Crippen molar-refractivity contribution in [2.24, 2.45) is 0 Å². The molecule has 6 heteroatoms. The minimum atomic E-state index is -0.914. The summed E-state index contributed by atoms with van der Waals surface area (Å²) in [5.41, 5.74) is 0. The largest absolute Gasteiger partial charge is 0.387 e. The first-order valence-electron chi connectivity index (χ1n) is 9.87. The normalized spacial score (nSPS) is 37.7. The molecule has 6 nitrogen and oxygen atoms in total. The van der Waals surface area contributed by atoms with Gasteiger partial charge >= 0.3 is 0 Å². The van der Waals surface area contributed by atoms with Crippen LogP contribution in [0.2, 0.25) is 0 Å². The minimum Gasteiger partial charge on any atom is -0.387 e. The number of aliphatic hydroxyl groups excluding tert-OH is 1. The summed E-state index contributed by atoms with van der Waals surface area (Å²) in [7, 11) is 0. The molecule has 0 aromatic rings. The summed E-state index contributed by atoms with van der Waals surface area (Å²) < 4.78 is 30.7. The molecule has 27 heavy (non-hydrogen) atoms. The van der Waals surface area contributed by atoms with Crippen molar-refractivity contribution in [3.8, 4) is 0 Å². The van der Waals surface area contributed by atoms with Crippen LogP contribution in [-0.2, 0) is 23.7 Å². The highest BCUT2D eigenvalue weighted by Gasteiger charge is 2.61. The van der Waals surface area contributed by atoms with Gasteiger partial charge in [-0.2, -0.15) is 0 Å². The van der Waals surface area contributed by atoms with Gasteiger partial charge in [0.2, 0.25) is 0 Å². The minimum absolute atomic E-state index is 0.299. The van der Waals surface area contributed by atoms with Crippen molar-refractivity contribution >= 4 is 0 Å². The Labute approximate surface area is 161 Å². The number of hydrogen-bond donors (Lipinski definition) is 1. The predicted molar refractivity (Wildman–Crippen MR) is 101 cm³/mol. The first kappa shape index (κ1) is 20.7. The SMILES string of the molecule is C=CCO[C@H]1[C@H]2OC3(CCCCC3)O[C@H]2[C@H](OCC=C)[C@@H](O)[C@@H]1OCC=C. The van der Waals surface area contributed by atoms with E-state index in [2.05, 4.69) is 19.7 Å². The summed E-state index contributed by atoms with van der Waals surface area (Å²) >= 11 is 0. The zero-order valence-electron chi connectivity index (χ0n) is 16.0. The van der Waals surface area contributed by atoms with E-state index in [4.69, 9.17) is 23.7 Å². The molecule has 0 unspecified atom stereocenters. The fraction of sp³-hybridized carbons (Fsp3) is 0.714. The van der Waals surface area contributed by atoms with Crippen LogP contribution in [0.25, 0.3) is 0 Å². The molecule has 0 radical (unpaired) electrons. The van der Waals surface area contributed by atoms with E-state index in [1.807, 2.05) is 0 Å². The van der Waals surface area contributed by atoms with Crippen LogP contribution in [0, 0.1) is 0 Å². The molecular weight excluding hydrogens is 348 g/mol. The maximum atomic E-state index is 11.0. The second-order valence-corrected chi connectivity index (χ2v) is 7.39. The molecule has 0 amide bonds. The Morgan fingerprint density at radius 3 is 1.81 bits per heavy atom. The van der Waals surface area contributed by atoms with Gasteiger partial charge in [-0.05, 0) is 12.8 Å². The van der Waals surface area contributed by atoms with E-state index in [-0.39, 0.29) is 6.10 Å². The van der Waals surface area contributed by atoms with Gasteiger partial charge in [-0.1, -0.05) is 24.6 Å². The molecule has 1 aliphatic heterocycles. The van der Waals surface area contributed by atoms with Gasteiger partial charge < -0.3 is 28.8 Å². The summed E-state index contributed by atoms with van der Waals surface area (Å²) in [4.78, 5) is 0. The van der Waals surface area contributed by atoms with Crippen molar-refractivity contribution in [2.75, 3.05) is 19.8 Å². The zero-order chi connectivity index (χ0) is 19.3. The second-order valence-electron chi connectivity index (χ2n) is 7.39. The van der Waals surface area contributed by atoms with Gasteiger partial charge in [0.05, 0.1) is 19.8 Å². The van der Waals surface area contributed by atoms with Crippen molar-refractivity contribution in [3.05, 3.63) is 38.0 Å². The Morgan fingerprint density at radius 1 is 0.778 bits per heavy atom. The molecule has 1 saturated heterocycles. The zero-order valence-corrected chi connectivity index (χ0v) is 16.0. The fourth-order valence-corrected chi connectivity index (χ4v) is 4.37. The van der Waals surface area contributed by atoms with E-state index < -0.39 is 36.3 Å². The molecule has 6 atom stereocenters. The molecule has 1 heterocycles. The molecule has 1 N–H and O–H groups in total. The molecule has 3 rings (SSSR count). The molecule has 0 aromatic carbocycles. The Bertz CT molecular complexity index is 515. The Morgan fingerprint density at radius 2 is 1.26 bits per heavy atom. The summed E-state index contributed by atoms with van der Waals surface area (Å²) in [6.07, 6.45) is 6.61. The molecule has 0 bridgehead atoms. The van der Waals surface area contributed by atoms with E-state index in [1.165, 1.54) is 6.42 Å². The van der Waals surface area contributed by atoms with Crippen molar-refractivity contribution in [3.63, 3.8) is 0 Å². The molecule has 3 fully saturated rings. The van der Waals surface area contributed by atoms with Gasteiger partial charge in [-0.3, -0.25) is 0 Å². The summed E-state index contributed by atoms with van der Waals surface area (Å²) in [6, 6.07) is 0. The van der Waals surface area contributed by atoms with E-state index in [1.54, 1.807) is 18.2 Å². The first-order chi connectivity index (χ1) is 13.2. The van der Waals surface area contributed by atoms with Crippen LogP contribution in [0.5, 0.6) is 0 Å². The first-order valence-corrected chi connectivity index (χ1v) is 9.87. The number of aliphatic hydroxyl groups is 1. The summed E-state index contributed by atoms with van der Waals surface area (Å²) in [5.74, 6) is -0.619. The van der Waals surface area contributed by atoms with E-state index >= 15 is 0 Å². The van der Waals surface area contributed by atoms with Crippen molar-refractivity contribution in [2.45, 2.75) is 74.5 Å². The van der Waals surface area contributed by atoms with Crippen LogP contribution in [0.15, 0.2) is 38.0 Å². The third-order valence-corrected chi connectivity index (χ3v) is 5.51. The van der Waals surface area contributed by atoms with Crippen LogP contribution in [-0.4, -0.2) is 67.3 Å². The summed E-state index contributed by atoms with van der Waals surface area (Å²) in [6.45, 7) is 12.1. The average molecular weight is 380 g/mol. The van der Waals surface area contributed by atoms with Crippen molar-refractivity contribution in [1.29, 1.82) is 0 Å². The fourth-order valence-electron chi connectivity index (χ4n) is 4.37. The Balaban J connectivity index is 1.87. The predicted octanol–water partition coefficient (Wildman–Crippen LogP) is 2.52. The van der Waals surface area contributed by atoms with Crippen molar-refractivity contribution < 1.29 is 28.8 Å². The van der Waals surface area contributed by atoms with Gasteiger partial charge in [0.25, 0.3) is 0 Å². The van der Waals surface area contributed by atoms with Crippen LogP contribution < -0.4 is 0 Å². The van der Waals surface area contributed by atoms with Crippen molar-refractivity contribution in [1.82, 2.24) is 0 Å². The number of fused-ring (bicyclic) bond motifs is 1. The molecular formula is C21H32O6. The average Bonchev–Trinajstić information content (AvgIpc) is 3.03. The topological polar surface area (TPSA) is 66.4 Å². The van der Waals surface area contributed by atoms with E-state index in [0.29, 0.717) is 19.8 Å². The third kappa shape index (κ3) is 4.36. The highest BCUT2D eigenvalue weighted by molar-refractivity contribution is 5.07. The molecule has 0 aromatic heterocycles. The Kier molecular flexibility index (Phi) is 7.25. The van der Waals surface area contributed by atoms with Crippen LogP contribution >= 0.6 is 0 Å². The van der Waals surface area contributed by atoms with E-state index in [9.17, 15) is 5.11 Å². The van der Waals surface area contributed by atoms with Crippen LogP contribution in [0.4, 0.5) is 0 Å². The standard InChI is InChI=1S/C21H32O6/c1-4-12-23-16-15(22)17(24-13-5-2)19-20(18(16)25-14-6-3)27-21(26-19)10-8-7-9-11-21/h4-6,15-20,22H,1-3,7-14H2/t15-,16-,17+,18+,19-,20+/m0/s1. The lowest BCUT2D eigenvalue weighted by molar-refractivity contribution is -0.225. The highest BCUT2D eigenvalue weighted by Crippen LogP contribution is 2.46. The summed E-state index contributed by atoms with van der Waals surface area (Å²) in [5, 5.41) is 11.0.